The van der Waals surface area contributed by atoms with Crippen LogP contribution in [0.3, 0.4) is 0 Å². The molecule has 0 fully saturated rings. The molecule has 0 aliphatic heterocycles. The van der Waals surface area contributed by atoms with E-state index in [4.69, 9.17) is 36.9 Å². The number of Topliss-reactive ketones (excluding diaryl/α,β-unsaturated/α-hetero) is 1. The zero-order chi connectivity index (χ0) is 25.6. The summed E-state index contributed by atoms with van der Waals surface area (Å²) in [4.78, 5) is 25.4. The average Bonchev–Trinajstić information content (AvgIpc) is 3.52. The van der Waals surface area contributed by atoms with Crippen LogP contribution in [0.25, 0.3) is 32.9 Å². The van der Waals surface area contributed by atoms with Crippen LogP contribution in [-0.2, 0) is 0 Å². The summed E-state index contributed by atoms with van der Waals surface area (Å²) in [6.45, 7) is 2.63. The zero-order valence-corrected chi connectivity index (χ0v) is 20.2. The third-order valence-electron chi connectivity index (χ3n) is 5.77. The molecule has 0 N–H and O–H groups in total. The second kappa shape index (κ2) is 8.88. The van der Waals surface area contributed by atoms with Crippen LogP contribution in [0.1, 0.15) is 23.0 Å². The number of ether oxygens (including phenoxy) is 5. The first-order chi connectivity index (χ1) is 17.4. The Morgan fingerprint density at radius 2 is 1.39 bits per heavy atom. The second-order valence-electron chi connectivity index (χ2n) is 7.85. The highest BCUT2D eigenvalue weighted by atomic mass is 16.7. The minimum absolute atomic E-state index is 0.0791. The summed E-state index contributed by atoms with van der Waals surface area (Å²) in [5.41, 5.74) is 0.652. The molecular formula is C26H22O10. The molecule has 0 atom stereocenters. The highest BCUT2D eigenvalue weighted by Gasteiger charge is 2.28. The van der Waals surface area contributed by atoms with E-state index in [0.717, 1.165) is 0 Å². The van der Waals surface area contributed by atoms with E-state index in [9.17, 15) is 9.59 Å². The average molecular weight is 494 g/mol. The summed E-state index contributed by atoms with van der Waals surface area (Å²) in [7, 11) is 4.34. The monoisotopic (exact) mass is 494 g/mol. The first kappa shape index (κ1) is 23.2. The first-order valence-electron chi connectivity index (χ1n) is 10.8. The van der Waals surface area contributed by atoms with Crippen molar-refractivity contribution in [2.75, 3.05) is 28.1 Å². The molecule has 0 bridgehead atoms. The van der Waals surface area contributed by atoms with E-state index < -0.39 is 6.79 Å². The van der Waals surface area contributed by atoms with Gasteiger partial charge in [0.15, 0.2) is 33.7 Å². The molecule has 0 radical (unpaired) electrons. The number of carbonyl (C=O) groups is 1. The Hall–Kier alpha value is -4.60. The van der Waals surface area contributed by atoms with Gasteiger partial charge in [0.1, 0.15) is 28.2 Å². The van der Waals surface area contributed by atoms with Crippen molar-refractivity contribution in [2.24, 2.45) is 0 Å². The Morgan fingerprint density at radius 3 is 2.00 bits per heavy atom. The Bertz CT molecular complexity index is 1680. The van der Waals surface area contributed by atoms with Crippen molar-refractivity contribution >= 4 is 38.7 Å². The minimum Gasteiger partial charge on any atom is -0.495 e. The maximum Gasteiger partial charge on any atom is 0.231 e. The van der Waals surface area contributed by atoms with E-state index in [2.05, 4.69) is 0 Å². The number of furan rings is 2. The van der Waals surface area contributed by atoms with Gasteiger partial charge in [-0.05, 0) is 26.0 Å². The van der Waals surface area contributed by atoms with Gasteiger partial charge in [-0.25, -0.2) is 0 Å². The van der Waals surface area contributed by atoms with Gasteiger partial charge in [0.2, 0.25) is 18.3 Å². The Kier molecular flexibility index (Phi) is 5.71. The van der Waals surface area contributed by atoms with Crippen LogP contribution in [0.2, 0.25) is 0 Å². The number of hydrogen-bond acceptors (Lipinski definition) is 10. The molecule has 5 aromatic rings. The van der Waals surface area contributed by atoms with Gasteiger partial charge in [-0.1, -0.05) is 0 Å². The Morgan fingerprint density at radius 1 is 0.806 bits per heavy atom. The molecule has 2 aromatic carbocycles. The van der Waals surface area contributed by atoms with Gasteiger partial charge < -0.3 is 36.9 Å². The van der Waals surface area contributed by atoms with Crippen molar-refractivity contribution in [3.63, 3.8) is 0 Å². The number of hydrogen-bond donors (Lipinski definition) is 0. The predicted molar refractivity (Wildman–Crippen MR) is 129 cm³/mol. The van der Waals surface area contributed by atoms with Crippen molar-refractivity contribution < 1.29 is 41.7 Å². The summed E-state index contributed by atoms with van der Waals surface area (Å²) in [5.74, 6) is 1.08. The van der Waals surface area contributed by atoms with Crippen molar-refractivity contribution in [1.82, 2.24) is 0 Å². The van der Waals surface area contributed by atoms with Gasteiger partial charge in [-0.3, -0.25) is 9.59 Å². The molecule has 0 amide bonds. The Labute approximate surface area is 203 Å². The van der Waals surface area contributed by atoms with E-state index in [-0.39, 0.29) is 50.7 Å². The number of carbonyl (C=O) groups excluding carboxylic acids is 1. The second-order valence-corrected chi connectivity index (χ2v) is 7.85. The normalized spacial score (nSPS) is 11.2. The Balaban J connectivity index is 1.63. The topological polar surface area (TPSA) is 120 Å². The lowest BCUT2D eigenvalue weighted by Crippen LogP contribution is -2.12. The fourth-order valence-corrected chi connectivity index (χ4v) is 4.35. The quantitative estimate of drug-likeness (QED) is 0.209. The number of ketones is 1. The fraction of sp³-hybridized carbons (Fsp3) is 0.231. The molecule has 0 unspecified atom stereocenters. The SMILES string of the molecule is COc1c(C(C)=O)c(OCOc2c3occc3c(OC)c3c(=O)cc(C)oc23)c(OC)c2occc12. The lowest BCUT2D eigenvalue weighted by Gasteiger charge is -2.18. The van der Waals surface area contributed by atoms with E-state index in [1.165, 1.54) is 46.8 Å². The van der Waals surface area contributed by atoms with Crippen LogP contribution in [0.5, 0.6) is 28.7 Å². The lowest BCUT2D eigenvalue weighted by molar-refractivity contribution is 0.0977. The molecule has 0 saturated heterocycles. The van der Waals surface area contributed by atoms with Crippen LogP contribution in [0.15, 0.2) is 48.8 Å². The maximum atomic E-state index is 12.8. The summed E-state index contributed by atoms with van der Waals surface area (Å²) < 4.78 is 45.5. The summed E-state index contributed by atoms with van der Waals surface area (Å²) >= 11 is 0. The molecule has 0 saturated carbocycles. The summed E-state index contributed by atoms with van der Waals surface area (Å²) in [5, 5.41) is 1.29. The van der Waals surface area contributed by atoms with E-state index >= 15 is 0 Å². The van der Waals surface area contributed by atoms with E-state index in [0.29, 0.717) is 33.4 Å². The van der Waals surface area contributed by atoms with Gasteiger partial charge in [-0.2, -0.15) is 0 Å². The lowest BCUT2D eigenvalue weighted by atomic mass is 10.0. The van der Waals surface area contributed by atoms with Gasteiger partial charge in [0.05, 0.1) is 44.6 Å². The largest absolute Gasteiger partial charge is 0.495 e. The van der Waals surface area contributed by atoms with E-state index in [1.54, 1.807) is 19.1 Å². The highest BCUT2D eigenvalue weighted by Crippen LogP contribution is 2.47. The minimum atomic E-state index is -0.402. The first-order valence-corrected chi connectivity index (χ1v) is 10.8. The van der Waals surface area contributed by atoms with Crippen molar-refractivity contribution in [3.05, 3.63) is 52.3 Å². The molecule has 186 valence electrons. The van der Waals surface area contributed by atoms with Gasteiger partial charge >= 0.3 is 0 Å². The molecule has 0 spiro atoms. The standard InChI is InChI=1S/C26H22O10/c1-12-10-16(28)18-20(30-4)15-7-9-33-22(15)26(24(18)36-12)35-11-34-23-17(13(2)27)19(29-3)14-6-8-32-21(14)25(23)31-5/h6-10H,11H2,1-5H3. The van der Waals surface area contributed by atoms with Crippen LogP contribution >= 0.6 is 0 Å². The number of methoxy groups -OCH3 is 3. The van der Waals surface area contributed by atoms with Gasteiger partial charge in [-0.15, -0.1) is 0 Å². The molecule has 10 heteroatoms. The van der Waals surface area contributed by atoms with Crippen molar-refractivity contribution in [1.29, 1.82) is 0 Å². The van der Waals surface area contributed by atoms with Crippen molar-refractivity contribution in [3.8, 4) is 28.7 Å². The summed E-state index contributed by atoms with van der Waals surface area (Å²) in [6.07, 6.45) is 2.91. The molecule has 10 nitrogen and oxygen atoms in total. The summed E-state index contributed by atoms with van der Waals surface area (Å²) in [6, 6.07) is 4.70. The van der Waals surface area contributed by atoms with Crippen LogP contribution in [0.4, 0.5) is 0 Å². The molecule has 0 aliphatic rings. The highest BCUT2D eigenvalue weighted by molar-refractivity contribution is 6.08. The van der Waals surface area contributed by atoms with Crippen LogP contribution in [0, 0.1) is 6.92 Å². The molecule has 3 heterocycles. The predicted octanol–water partition coefficient (Wildman–Crippen LogP) is 5.24. The van der Waals surface area contributed by atoms with Crippen molar-refractivity contribution in [2.45, 2.75) is 13.8 Å². The fourth-order valence-electron chi connectivity index (χ4n) is 4.35. The molecule has 0 aliphatic carbocycles. The number of benzene rings is 2. The molecule has 3 aromatic heterocycles. The molecule has 5 rings (SSSR count). The van der Waals surface area contributed by atoms with Crippen LogP contribution < -0.4 is 29.1 Å². The maximum absolute atomic E-state index is 12.8. The number of aryl methyl sites for hydroxylation is 1. The molecular weight excluding hydrogens is 472 g/mol. The number of rotatable bonds is 8. The zero-order valence-electron chi connectivity index (χ0n) is 20.2. The number of fused-ring (bicyclic) bond motifs is 3. The molecule has 36 heavy (non-hydrogen) atoms. The van der Waals surface area contributed by atoms with Gasteiger partial charge in [0.25, 0.3) is 0 Å². The smallest absolute Gasteiger partial charge is 0.231 e. The van der Waals surface area contributed by atoms with Crippen LogP contribution in [-0.4, -0.2) is 33.9 Å². The van der Waals surface area contributed by atoms with E-state index in [1.807, 2.05) is 0 Å². The third kappa shape index (κ3) is 3.41. The third-order valence-corrected chi connectivity index (χ3v) is 5.77. The van der Waals surface area contributed by atoms with Gasteiger partial charge in [0, 0.05) is 6.07 Å².